The van der Waals surface area contributed by atoms with E-state index in [2.05, 4.69) is 0 Å². The van der Waals surface area contributed by atoms with Crippen molar-refractivity contribution in [3.63, 3.8) is 0 Å². The molecule has 0 N–H and O–H groups in total. The molecule has 1 saturated carbocycles. The molecular weight excluding hydrogens is 394 g/mol. The molecule has 0 spiro atoms. The number of carbonyl (C=O) groups excluding carboxylic acids is 2. The average molecular weight is 419 g/mol. The van der Waals surface area contributed by atoms with E-state index in [1.54, 1.807) is 17.0 Å². The van der Waals surface area contributed by atoms with Crippen molar-refractivity contribution >= 4 is 32.7 Å². The summed E-state index contributed by atoms with van der Waals surface area (Å²) in [6, 6.07) is 8.50. The monoisotopic (exact) mass is 419 g/mol. The first kappa shape index (κ1) is 19.9. The van der Waals surface area contributed by atoms with Gasteiger partial charge >= 0.3 is 5.97 Å². The molecule has 1 aliphatic carbocycles. The highest BCUT2D eigenvalue weighted by molar-refractivity contribution is 7.91. The molecular formula is C21H25NO6S. The maximum atomic E-state index is 13.0. The second kappa shape index (κ2) is 8.18. The fraction of sp³-hybridized carbons (Fsp3) is 0.524. The van der Waals surface area contributed by atoms with Gasteiger partial charge in [-0.15, -0.1) is 0 Å². The number of fused-ring (bicyclic) bond motifs is 1. The Labute approximate surface area is 169 Å². The molecule has 2 fully saturated rings. The van der Waals surface area contributed by atoms with E-state index in [-0.39, 0.29) is 35.3 Å². The normalized spacial score (nSPS) is 21.9. The highest BCUT2D eigenvalue weighted by Crippen LogP contribution is 2.28. The fourth-order valence-corrected chi connectivity index (χ4v) is 6.13. The molecule has 1 unspecified atom stereocenters. The first-order chi connectivity index (χ1) is 13.9. The lowest BCUT2D eigenvalue weighted by Gasteiger charge is -2.38. The number of hydrogen-bond donors (Lipinski definition) is 0. The van der Waals surface area contributed by atoms with Crippen LogP contribution < -0.4 is 0 Å². The lowest BCUT2D eigenvalue weighted by atomic mass is 9.93. The smallest absolute Gasteiger partial charge is 0.374 e. The number of hydrogen-bond acceptors (Lipinski definition) is 6. The quantitative estimate of drug-likeness (QED) is 0.692. The zero-order chi connectivity index (χ0) is 20.4. The van der Waals surface area contributed by atoms with Gasteiger partial charge in [-0.05, 0) is 31.4 Å². The second-order valence-electron chi connectivity index (χ2n) is 7.87. The number of ether oxygens (including phenoxy) is 1. The molecule has 8 heteroatoms. The number of amides is 1. The molecule has 1 saturated heterocycles. The first-order valence-electron chi connectivity index (χ1n) is 10.1. The standard InChI is InChI=1S/C21H25NO6S/c23-20(13-27-21(24)19-12-15-6-4-5-9-18(15)28-19)22(16-7-2-1-3-8-16)17-10-11-29(25,26)14-17/h4-6,9,12,16-17H,1-3,7-8,10-11,13-14H2. The summed E-state index contributed by atoms with van der Waals surface area (Å²) in [6.07, 6.45) is 5.34. The average Bonchev–Trinajstić information content (AvgIpc) is 3.30. The Morgan fingerprint density at radius 1 is 1.07 bits per heavy atom. The van der Waals surface area contributed by atoms with Crippen molar-refractivity contribution in [2.75, 3.05) is 18.1 Å². The van der Waals surface area contributed by atoms with Gasteiger partial charge in [0.15, 0.2) is 16.4 Å². The second-order valence-corrected chi connectivity index (χ2v) is 10.1. The summed E-state index contributed by atoms with van der Waals surface area (Å²) in [6.45, 7) is -0.414. The van der Waals surface area contributed by atoms with Gasteiger partial charge < -0.3 is 14.1 Å². The summed E-state index contributed by atoms with van der Waals surface area (Å²) in [7, 11) is -3.12. The van der Waals surface area contributed by atoms with Crippen LogP contribution in [0.25, 0.3) is 11.0 Å². The van der Waals surface area contributed by atoms with E-state index in [0.29, 0.717) is 12.0 Å². The van der Waals surface area contributed by atoms with Gasteiger partial charge in [-0.3, -0.25) is 4.79 Å². The number of para-hydroxylation sites is 1. The van der Waals surface area contributed by atoms with E-state index >= 15 is 0 Å². The van der Waals surface area contributed by atoms with Crippen LogP contribution in [0.15, 0.2) is 34.7 Å². The minimum Gasteiger partial charge on any atom is -0.450 e. The highest BCUT2D eigenvalue weighted by atomic mass is 32.2. The summed E-state index contributed by atoms with van der Waals surface area (Å²) >= 11 is 0. The van der Waals surface area contributed by atoms with Crippen molar-refractivity contribution in [3.05, 3.63) is 36.1 Å². The minimum absolute atomic E-state index is 0.00718. The minimum atomic E-state index is -3.12. The molecule has 2 aliphatic rings. The number of sulfone groups is 1. The molecule has 156 valence electrons. The molecule has 4 rings (SSSR count). The van der Waals surface area contributed by atoms with Gasteiger partial charge in [0.1, 0.15) is 5.58 Å². The third-order valence-corrected chi connectivity index (χ3v) is 7.56. The molecule has 2 heterocycles. The van der Waals surface area contributed by atoms with Gasteiger partial charge in [-0.2, -0.15) is 0 Å². The summed E-state index contributed by atoms with van der Waals surface area (Å²) in [5, 5.41) is 0.783. The van der Waals surface area contributed by atoms with Crippen molar-refractivity contribution in [1.29, 1.82) is 0 Å². The molecule has 1 amide bonds. The van der Waals surface area contributed by atoms with Gasteiger partial charge in [0.25, 0.3) is 5.91 Å². The molecule has 0 radical (unpaired) electrons. The van der Waals surface area contributed by atoms with Gasteiger partial charge in [-0.1, -0.05) is 37.5 Å². The summed E-state index contributed by atoms with van der Waals surface area (Å²) < 4.78 is 34.6. The van der Waals surface area contributed by atoms with Crippen LogP contribution in [0.3, 0.4) is 0 Å². The van der Waals surface area contributed by atoms with E-state index in [1.165, 1.54) is 0 Å². The predicted molar refractivity (Wildman–Crippen MR) is 107 cm³/mol. The van der Waals surface area contributed by atoms with E-state index in [4.69, 9.17) is 9.15 Å². The number of nitrogens with zero attached hydrogens (tertiary/aromatic N) is 1. The lowest BCUT2D eigenvalue weighted by molar-refractivity contribution is -0.140. The van der Waals surface area contributed by atoms with E-state index in [9.17, 15) is 18.0 Å². The van der Waals surface area contributed by atoms with Gasteiger partial charge in [0.05, 0.1) is 11.5 Å². The molecule has 1 atom stereocenters. The Morgan fingerprint density at radius 3 is 2.52 bits per heavy atom. The number of rotatable bonds is 5. The van der Waals surface area contributed by atoms with Crippen molar-refractivity contribution in [2.24, 2.45) is 0 Å². The topological polar surface area (TPSA) is 93.9 Å². The molecule has 2 aromatic rings. The van der Waals surface area contributed by atoms with Crippen molar-refractivity contribution in [1.82, 2.24) is 4.90 Å². The molecule has 29 heavy (non-hydrogen) atoms. The number of esters is 1. The van der Waals surface area contributed by atoms with Crippen molar-refractivity contribution < 1.29 is 27.2 Å². The van der Waals surface area contributed by atoms with E-state index in [1.807, 2.05) is 18.2 Å². The van der Waals surface area contributed by atoms with Gasteiger partial charge in [0, 0.05) is 17.5 Å². The highest BCUT2D eigenvalue weighted by Gasteiger charge is 2.38. The Morgan fingerprint density at radius 2 is 1.83 bits per heavy atom. The number of benzene rings is 1. The zero-order valence-electron chi connectivity index (χ0n) is 16.2. The summed E-state index contributed by atoms with van der Waals surface area (Å²) in [5.41, 5.74) is 0.575. The lowest BCUT2D eigenvalue weighted by Crippen LogP contribution is -2.50. The third-order valence-electron chi connectivity index (χ3n) is 5.81. The van der Waals surface area contributed by atoms with E-state index in [0.717, 1.165) is 37.5 Å². The number of carbonyl (C=O) groups is 2. The van der Waals surface area contributed by atoms with Crippen LogP contribution in [-0.2, 0) is 19.4 Å². The van der Waals surface area contributed by atoms with Crippen LogP contribution in [-0.4, -0.2) is 55.4 Å². The zero-order valence-corrected chi connectivity index (χ0v) is 17.0. The fourth-order valence-electron chi connectivity index (χ4n) is 4.41. The number of furan rings is 1. The van der Waals surface area contributed by atoms with E-state index < -0.39 is 22.4 Å². The summed E-state index contributed by atoms with van der Waals surface area (Å²) in [5.74, 6) is -0.882. The molecule has 1 aliphatic heterocycles. The van der Waals surface area contributed by atoms with Crippen molar-refractivity contribution in [2.45, 2.75) is 50.6 Å². The Balaban J connectivity index is 1.45. The molecule has 1 aromatic heterocycles. The van der Waals surface area contributed by atoms with Crippen LogP contribution in [0.2, 0.25) is 0 Å². The first-order valence-corrected chi connectivity index (χ1v) is 11.9. The van der Waals surface area contributed by atoms with Gasteiger partial charge in [-0.25, -0.2) is 13.2 Å². The summed E-state index contributed by atoms with van der Waals surface area (Å²) in [4.78, 5) is 27.0. The van der Waals surface area contributed by atoms with Crippen LogP contribution in [0.4, 0.5) is 0 Å². The van der Waals surface area contributed by atoms with Crippen LogP contribution in [0, 0.1) is 0 Å². The van der Waals surface area contributed by atoms with Crippen molar-refractivity contribution in [3.8, 4) is 0 Å². The Bertz CT molecular complexity index is 972. The maximum Gasteiger partial charge on any atom is 0.374 e. The van der Waals surface area contributed by atoms with Gasteiger partial charge in [0.2, 0.25) is 5.76 Å². The Hall–Kier alpha value is -2.35. The van der Waals surface area contributed by atoms with Crippen LogP contribution >= 0.6 is 0 Å². The SMILES string of the molecule is O=C(OCC(=O)N(C1CCCCC1)C1CCS(=O)(=O)C1)c1cc2ccccc2o1. The predicted octanol–water partition coefficient (Wildman–Crippen LogP) is 2.94. The molecule has 7 nitrogen and oxygen atoms in total. The Kier molecular flexibility index (Phi) is 5.63. The largest absolute Gasteiger partial charge is 0.450 e. The van der Waals surface area contributed by atoms with Crippen LogP contribution in [0.1, 0.15) is 49.1 Å². The van der Waals surface area contributed by atoms with Crippen LogP contribution in [0.5, 0.6) is 0 Å². The maximum absolute atomic E-state index is 13.0. The molecule has 0 bridgehead atoms. The third kappa shape index (κ3) is 4.47. The molecule has 1 aromatic carbocycles.